The number of hydrogen-bond donors (Lipinski definition) is 1. The van der Waals surface area contributed by atoms with Crippen LogP contribution in [0.1, 0.15) is 12.8 Å². The number of carbonyl (C=O) groups excluding carboxylic acids is 1. The molecule has 1 unspecified atom stereocenters. The predicted octanol–water partition coefficient (Wildman–Crippen LogP) is 0.638. The molecule has 2 aliphatic rings. The molecule has 3 rings (SSSR count). The molecule has 0 aliphatic carbocycles. The lowest BCUT2D eigenvalue weighted by Crippen LogP contribution is -2.50. The van der Waals surface area contributed by atoms with E-state index in [2.05, 4.69) is 15.2 Å². The van der Waals surface area contributed by atoms with Gasteiger partial charge in [0.15, 0.2) is 0 Å². The van der Waals surface area contributed by atoms with Crippen molar-refractivity contribution >= 4 is 11.7 Å². The first-order valence-electron chi connectivity index (χ1n) is 8.19. The van der Waals surface area contributed by atoms with Crippen LogP contribution in [-0.4, -0.2) is 67.8 Å². The fourth-order valence-electron chi connectivity index (χ4n) is 3.00. The molecule has 1 aromatic rings. The highest BCUT2D eigenvalue weighted by atomic mass is 19.1. The third-order valence-corrected chi connectivity index (χ3v) is 4.31. The van der Waals surface area contributed by atoms with Crippen molar-refractivity contribution in [3.8, 4) is 0 Å². The number of nitrogens with zero attached hydrogens (tertiary/aromatic N) is 3. The third kappa shape index (κ3) is 4.62. The van der Waals surface area contributed by atoms with Gasteiger partial charge in [-0.3, -0.25) is 9.69 Å². The molecule has 0 aromatic carbocycles. The Morgan fingerprint density at radius 3 is 2.87 bits per heavy atom. The molecular weight excluding hydrogens is 299 g/mol. The summed E-state index contributed by atoms with van der Waals surface area (Å²) in [5, 5.41) is 2.94. The van der Waals surface area contributed by atoms with Crippen LogP contribution in [0.3, 0.4) is 0 Å². The summed E-state index contributed by atoms with van der Waals surface area (Å²) >= 11 is 0. The van der Waals surface area contributed by atoms with Crippen molar-refractivity contribution in [3.63, 3.8) is 0 Å². The molecule has 2 saturated heterocycles. The zero-order chi connectivity index (χ0) is 16.1. The molecule has 1 N–H and O–H groups in total. The van der Waals surface area contributed by atoms with Gasteiger partial charge in [0, 0.05) is 39.3 Å². The smallest absolute Gasteiger partial charge is 0.234 e. The topological polar surface area (TPSA) is 57.7 Å². The van der Waals surface area contributed by atoms with Crippen LogP contribution in [0, 0.1) is 5.95 Å². The van der Waals surface area contributed by atoms with E-state index in [1.54, 1.807) is 6.07 Å². The first-order chi connectivity index (χ1) is 11.2. The highest BCUT2D eigenvalue weighted by Crippen LogP contribution is 2.14. The summed E-state index contributed by atoms with van der Waals surface area (Å²) in [5.74, 6) is 0.240. The maximum Gasteiger partial charge on any atom is 0.234 e. The van der Waals surface area contributed by atoms with Crippen LogP contribution >= 0.6 is 0 Å². The van der Waals surface area contributed by atoms with Crippen LogP contribution in [-0.2, 0) is 9.53 Å². The summed E-state index contributed by atoms with van der Waals surface area (Å²) < 4.78 is 18.7. The van der Waals surface area contributed by atoms with Crippen molar-refractivity contribution < 1.29 is 13.9 Å². The molecule has 3 heterocycles. The van der Waals surface area contributed by atoms with Gasteiger partial charge in [-0.1, -0.05) is 6.07 Å². The largest absolute Gasteiger partial charge is 0.376 e. The van der Waals surface area contributed by atoms with Gasteiger partial charge in [0.1, 0.15) is 5.82 Å². The summed E-state index contributed by atoms with van der Waals surface area (Å²) in [6, 6.07) is 4.83. The molecule has 2 fully saturated rings. The number of hydrogen-bond acceptors (Lipinski definition) is 5. The van der Waals surface area contributed by atoms with Gasteiger partial charge in [-0.05, 0) is 25.0 Å². The lowest BCUT2D eigenvalue weighted by molar-refractivity contribution is -0.122. The lowest BCUT2D eigenvalue weighted by atomic mass is 10.2. The second-order valence-electron chi connectivity index (χ2n) is 6.02. The number of ether oxygens (including phenoxy) is 1. The van der Waals surface area contributed by atoms with Gasteiger partial charge in [-0.15, -0.1) is 0 Å². The molecule has 6 nitrogen and oxygen atoms in total. The van der Waals surface area contributed by atoms with Crippen molar-refractivity contribution in [1.82, 2.24) is 15.2 Å². The summed E-state index contributed by atoms with van der Waals surface area (Å²) in [4.78, 5) is 20.0. The number of carbonyl (C=O) groups is 1. The average Bonchev–Trinajstić information content (AvgIpc) is 3.07. The monoisotopic (exact) mass is 322 g/mol. The third-order valence-electron chi connectivity index (χ3n) is 4.31. The number of amides is 1. The zero-order valence-electron chi connectivity index (χ0n) is 13.2. The molecule has 23 heavy (non-hydrogen) atoms. The molecule has 0 saturated carbocycles. The van der Waals surface area contributed by atoms with Crippen LogP contribution in [0.15, 0.2) is 18.2 Å². The second-order valence-corrected chi connectivity index (χ2v) is 6.02. The van der Waals surface area contributed by atoms with E-state index in [0.717, 1.165) is 45.6 Å². The van der Waals surface area contributed by atoms with Crippen LogP contribution in [0.4, 0.5) is 10.2 Å². The van der Waals surface area contributed by atoms with Gasteiger partial charge >= 0.3 is 0 Å². The molecule has 7 heteroatoms. The van der Waals surface area contributed by atoms with Gasteiger partial charge in [-0.25, -0.2) is 4.98 Å². The van der Waals surface area contributed by atoms with Crippen molar-refractivity contribution in [2.45, 2.75) is 18.9 Å². The minimum Gasteiger partial charge on any atom is -0.376 e. The first-order valence-corrected chi connectivity index (χ1v) is 8.19. The Morgan fingerprint density at radius 1 is 1.35 bits per heavy atom. The van der Waals surface area contributed by atoms with Crippen LogP contribution in [0.5, 0.6) is 0 Å². The number of halogens is 1. The van der Waals surface area contributed by atoms with Crippen molar-refractivity contribution in [3.05, 3.63) is 24.1 Å². The molecule has 1 atom stereocenters. The molecule has 2 aliphatic heterocycles. The minimum absolute atomic E-state index is 0.0397. The predicted molar refractivity (Wildman–Crippen MR) is 84.8 cm³/mol. The Hall–Kier alpha value is -1.73. The van der Waals surface area contributed by atoms with E-state index in [4.69, 9.17) is 4.74 Å². The van der Waals surface area contributed by atoms with E-state index in [9.17, 15) is 9.18 Å². The fourth-order valence-corrected chi connectivity index (χ4v) is 3.00. The summed E-state index contributed by atoms with van der Waals surface area (Å²) in [6.45, 7) is 4.84. The molecule has 0 radical (unpaired) electrons. The zero-order valence-corrected chi connectivity index (χ0v) is 13.2. The highest BCUT2D eigenvalue weighted by Gasteiger charge is 2.21. The molecule has 0 bridgehead atoms. The molecule has 126 valence electrons. The van der Waals surface area contributed by atoms with E-state index < -0.39 is 5.95 Å². The Bertz CT molecular complexity index is 529. The number of nitrogens with one attached hydrogen (secondary N) is 1. The normalized spacial score (nSPS) is 22.3. The van der Waals surface area contributed by atoms with Crippen molar-refractivity contribution in [2.24, 2.45) is 0 Å². The quantitative estimate of drug-likeness (QED) is 0.806. The number of anilines is 1. The van der Waals surface area contributed by atoms with Crippen LogP contribution in [0.2, 0.25) is 0 Å². The standard InChI is InChI=1S/C16H23FN4O2/c17-14-4-1-5-15(19-14)21-8-6-20(7-9-21)12-16(22)18-11-13-3-2-10-23-13/h1,4-5,13H,2-3,6-12H2,(H,18,22). The van der Waals surface area contributed by atoms with Crippen LogP contribution < -0.4 is 10.2 Å². The Labute approximate surface area is 135 Å². The maximum atomic E-state index is 13.2. The molecular formula is C16H23FN4O2. The molecule has 0 spiro atoms. The number of aromatic nitrogens is 1. The molecule has 1 amide bonds. The van der Waals surface area contributed by atoms with Gasteiger partial charge in [0.05, 0.1) is 12.6 Å². The average molecular weight is 322 g/mol. The Morgan fingerprint density at radius 2 is 2.17 bits per heavy atom. The first kappa shape index (κ1) is 16.1. The van der Waals surface area contributed by atoms with Gasteiger partial charge in [0.2, 0.25) is 11.9 Å². The maximum absolute atomic E-state index is 13.2. The molecule has 1 aromatic heterocycles. The second kappa shape index (κ2) is 7.70. The van der Waals surface area contributed by atoms with E-state index in [1.165, 1.54) is 6.07 Å². The summed E-state index contributed by atoms with van der Waals surface area (Å²) in [5.41, 5.74) is 0. The van der Waals surface area contributed by atoms with E-state index >= 15 is 0 Å². The highest BCUT2D eigenvalue weighted by molar-refractivity contribution is 5.78. The summed E-state index contributed by atoms with van der Waals surface area (Å²) in [6.07, 6.45) is 2.28. The van der Waals surface area contributed by atoms with Gasteiger partial charge < -0.3 is 15.0 Å². The summed E-state index contributed by atoms with van der Waals surface area (Å²) in [7, 11) is 0. The lowest BCUT2D eigenvalue weighted by Gasteiger charge is -2.35. The van der Waals surface area contributed by atoms with Crippen molar-refractivity contribution in [2.75, 3.05) is 50.8 Å². The van der Waals surface area contributed by atoms with Crippen LogP contribution in [0.25, 0.3) is 0 Å². The number of piperazine rings is 1. The van der Waals surface area contributed by atoms with Gasteiger partial charge in [-0.2, -0.15) is 4.39 Å². The van der Waals surface area contributed by atoms with E-state index in [0.29, 0.717) is 18.9 Å². The van der Waals surface area contributed by atoms with Gasteiger partial charge in [0.25, 0.3) is 0 Å². The SMILES string of the molecule is O=C(CN1CCN(c2cccc(F)n2)CC1)NCC1CCCO1. The number of rotatable bonds is 5. The number of pyridine rings is 1. The minimum atomic E-state index is -0.460. The fraction of sp³-hybridized carbons (Fsp3) is 0.625. The van der Waals surface area contributed by atoms with E-state index in [-0.39, 0.29) is 12.0 Å². The Kier molecular flexibility index (Phi) is 5.40. The van der Waals surface area contributed by atoms with E-state index in [1.807, 2.05) is 11.0 Å². The van der Waals surface area contributed by atoms with Crippen molar-refractivity contribution in [1.29, 1.82) is 0 Å². The Balaban J connectivity index is 1.39.